The lowest BCUT2D eigenvalue weighted by molar-refractivity contribution is -0.141. The first kappa shape index (κ1) is 13.0. The Hall–Kier alpha value is -2.04. The topological polar surface area (TPSA) is 66.8 Å². The Balaban J connectivity index is 1.78. The predicted molar refractivity (Wildman–Crippen MR) is 71.6 cm³/mol. The summed E-state index contributed by atoms with van der Waals surface area (Å²) in [6.45, 7) is 1.40. The van der Waals surface area contributed by atoms with E-state index in [1.54, 1.807) is 4.90 Å². The Morgan fingerprint density at radius 1 is 1.25 bits per heavy atom. The number of carbonyl (C=O) groups excluding carboxylic acids is 1. The van der Waals surface area contributed by atoms with E-state index in [2.05, 4.69) is 0 Å². The Labute approximate surface area is 117 Å². The summed E-state index contributed by atoms with van der Waals surface area (Å²) in [4.78, 5) is 25.3. The van der Waals surface area contributed by atoms with Gasteiger partial charge < -0.3 is 14.7 Å². The number of fused-ring (bicyclic) bond motifs is 1. The molecule has 1 amide bonds. The molecular formula is C15H17NO4. The van der Waals surface area contributed by atoms with E-state index in [0.717, 1.165) is 11.3 Å². The molecule has 106 valence electrons. The van der Waals surface area contributed by atoms with Crippen LogP contribution >= 0.6 is 0 Å². The summed E-state index contributed by atoms with van der Waals surface area (Å²) in [5.41, 5.74) is 0.919. The lowest BCUT2D eigenvalue weighted by Crippen LogP contribution is -2.36. The van der Waals surface area contributed by atoms with Crippen LogP contribution in [0.5, 0.6) is 5.75 Å². The van der Waals surface area contributed by atoms with Gasteiger partial charge in [-0.3, -0.25) is 9.59 Å². The maximum absolute atomic E-state index is 12.6. The average molecular weight is 275 g/mol. The van der Waals surface area contributed by atoms with Crippen LogP contribution in [0.3, 0.4) is 0 Å². The molecule has 0 aromatic heterocycles. The minimum Gasteiger partial charge on any atom is -0.493 e. The van der Waals surface area contributed by atoms with E-state index in [-0.39, 0.29) is 11.8 Å². The molecule has 2 atom stereocenters. The zero-order valence-electron chi connectivity index (χ0n) is 11.1. The number of carboxylic acid groups (broad SMARTS) is 1. The fraction of sp³-hybridized carbons (Fsp3) is 0.467. The Kier molecular flexibility index (Phi) is 3.34. The quantitative estimate of drug-likeness (QED) is 0.888. The van der Waals surface area contributed by atoms with E-state index in [9.17, 15) is 9.59 Å². The van der Waals surface area contributed by atoms with Crippen molar-refractivity contribution in [3.63, 3.8) is 0 Å². The van der Waals surface area contributed by atoms with Crippen molar-refractivity contribution in [2.75, 3.05) is 19.7 Å². The van der Waals surface area contributed by atoms with Crippen molar-refractivity contribution in [1.82, 2.24) is 4.90 Å². The molecule has 1 aromatic rings. The van der Waals surface area contributed by atoms with Crippen molar-refractivity contribution in [3.05, 3.63) is 29.8 Å². The number of likely N-dealkylation sites (tertiary alicyclic amines) is 1. The second-order valence-corrected chi connectivity index (χ2v) is 5.34. The van der Waals surface area contributed by atoms with Gasteiger partial charge in [-0.1, -0.05) is 18.2 Å². The van der Waals surface area contributed by atoms with Crippen LogP contribution in [0.15, 0.2) is 24.3 Å². The van der Waals surface area contributed by atoms with E-state index in [4.69, 9.17) is 9.84 Å². The van der Waals surface area contributed by atoms with E-state index < -0.39 is 11.9 Å². The fourth-order valence-electron chi connectivity index (χ4n) is 2.98. The number of hydrogen-bond acceptors (Lipinski definition) is 3. The summed E-state index contributed by atoms with van der Waals surface area (Å²) in [5.74, 6) is -0.634. The highest BCUT2D eigenvalue weighted by Crippen LogP contribution is 2.35. The summed E-state index contributed by atoms with van der Waals surface area (Å²) in [7, 11) is 0. The van der Waals surface area contributed by atoms with Crippen molar-refractivity contribution in [2.45, 2.75) is 18.8 Å². The standard InChI is InChI=1S/C15H17NO4/c17-14(16-7-5-10(9-16)15(18)19)12-6-8-20-13-4-2-1-3-11(12)13/h1-4,10,12H,5-9H2,(H,18,19). The number of nitrogens with zero attached hydrogens (tertiary/aromatic N) is 1. The van der Waals surface area contributed by atoms with Gasteiger partial charge in [-0.2, -0.15) is 0 Å². The second-order valence-electron chi connectivity index (χ2n) is 5.34. The number of carbonyl (C=O) groups is 2. The van der Waals surface area contributed by atoms with Crippen LogP contribution in [0.25, 0.3) is 0 Å². The molecule has 1 fully saturated rings. The lowest BCUT2D eigenvalue weighted by atomic mass is 9.92. The van der Waals surface area contributed by atoms with E-state index in [1.807, 2.05) is 24.3 Å². The third-order valence-electron chi connectivity index (χ3n) is 4.11. The number of ether oxygens (including phenoxy) is 1. The molecule has 20 heavy (non-hydrogen) atoms. The zero-order valence-corrected chi connectivity index (χ0v) is 11.1. The smallest absolute Gasteiger partial charge is 0.308 e. The van der Waals surface area contributed by atoms with Gasteiger partial charge in [0.2, 0.25) is 5.91 Å². The highest BCUT2D eigenvalue weighted by atomic mass is 16.5. The Bertz CT molecular complexity index is 542. The maximum Gasteiger partial charge on any atom is 0.308 e. The van der Waals surface area contributed by atoms with Crippen LogP contribution in [0.4, 0.5) is 0 Å². The van der Waals surface area contributed by atoms with Crippen LogP contribution in [0, 0.1) is 5.92 Å². The summed E-state index contributed by atoms with van der Waals surface area (Å²) in [6.07, 6.45) is 1.20. The highest BCUT2D eigenvalue weighted by molar-refractivity contribution is 5.86. The molecular weight excluding hydrogens is 258 g/mol. The van der Waals surface area contributed by atoms with Gasteiger partial charge in [-0.25, -0.2) is 0 Å². The van der Waals surface area contributed by atoms with E-state index in [0.29, 0.717) is 32.5 Å². The molecule has 1 aromatic carbocycles. The number of hydrogen-bond donors (Lipinski definition) is 1. The second kappa shape index (κ2) is 5.15. The Morgan fingerprint density at radius 3 is 2.80 bits per heavy atom. The van der Waals surface area contributed by atoms with Crippen LogP contribution in [-0.2, 0) is 9.59 Å². The summed E-state index contributed by atoms with van der Waals surface area (Å²) in [6, 6.07) is 7.58. The Morgan fingerprint density at radius 2 is 2.05 bits per heavy atom. The van der Waals surface area contributed by atoms with Gasteiger partial charge in [0.1, 0.15) is 5.75 Å². The zero-order chi connectivity index (χ0) is 14.1. The minimum absolute atomic E-state index is 0.0319. The summed E-state index contributed by atoms with van der Waals surface area (Å²) >= 11 is 0. The first-order valence-electron chi connectivity index (χ1n) is 6.90. The third-order valence-corrected chi connectivity index (χ3v) is 4.11. The molecule has 1 N–H and O–H groups in total. The van der Waals surface area contributed by atoms with Crippen LogP contribution in [0.2, 0.25) is 0 Å². The van der Waals surface area contributed by atoms with Gasteiger partial charge in [0.15, 0.2) is 0 Å². The summed E-state index contributed by atoms with van der Waals surface area (Å²) in [5, 5.41) is 9.02. The molecule has 3 rings (SSSR count). The SMILES string of the molecule is O=C(O)C1CCN(C(=O)C2CCOc3ccccc32)C1. The molecule has 0 spiro atoms. The average Bonchev–Trinajstić information content (AvgIpc) is 2.96. The predicted octanol–water partition coefficient (Wildman–Crippen LogP) is 1.49. The number of carboxylic acids is 1. The van der Waals surface area contributed by atoms with Crippen molar-refractivity contribution in [1.29, 1.82) is 0 Å². The molecule has 2 heterocycles. The number of aliphatic carboxylic acids is 1. The molecule has 2 aliphatic heterocycles. The van der Waals surface area contributed by atoms with Crippen molar-refractivity contribution in [2.24, 2.45) is 5.92 Å². The molecule has 2 aliphatic rings. The largest absolute Gasteiger partial charge is 0.493 e. The number of para-hydroxylation sites is 1. The molecule has 2 unspecified atom stereocenters. The van der Waals surface area contributed by atoms with Crippen molar-refractivity contribution >= 4 is 11.9 Å². The molecule has 0 bridgehead atoms. The molecule has 0 saturated carbocycles. The number of amides is 1. The van der Waals surface area contributed by atoms with Gasteiger partial charge in [-0.05, 0) is 18.9 Å². The third kappa shape index (κ3) is 2.24. The first-order valence-corrected chi connectivity index (χ1v) is 6.90. The highest BCUT2D eigenvalue weighted by Gasteiger charge is 2.36. The lowest BCUT2D eigenvalue weighted by Gasteiger charge is -2.28. The van der Waals surface area contributed by atoms with Gasteiger partial charge >= 0.3 is 5.97 Å². The van der Waals surface area contributed by atoms with Crippen LogP contribution < -0.4 is 4.74 Å². The van der Waals surface area contributed by atoms with E-state index >= 15 is 0 Å². The fourth-order valence-corrected chi connectivity index (χ4v) is 2.98. The van der Waals surface area contributed by atoms with Crippen molar-refractivity contribution < 1.29 is 19.4 Å². The summed E-state index contributed by atoms with van der Waals surface area (Å²) < 4.78 is 5.56. The molecule has 1 saturated heterocycles. The van der Waals surface area contributed by atoms with Crippen LogP contribution in [-0.4, -0.2) is 41.6 Å². The molecule has 5 heteroatoms. The normalized spacial score (nSPS) is 24.9. The van der Waals surface area contributed by atoms with Crippen LogP contribution in [0.1, 0.15) is 24.3 Å². The van der Waals surface area contributed by atoms with Gasteiger partial charge in [-0.15, -0.1) is 0 Å². The van der Waals surface area contributed by atoms with Crippen molar-refractivity contribution in [3.8, 4) is 5.75 Å². The van der Waals surface area contributed by atoms with E-state index in [1.165, 1.54) is 0 Å². The molecule has 5 nitrogen and oxygen atoms in total. The molecule has 0 radical (unpaired) electrons. The van der Waals surface area contributed by atoms with Gasteiger partial charge in [0.25, 0.3) is 0 Å². The number of benzene rings is 1. The minimum atomic E-state index is -0.812. The monoisotopic (exact) mass is 275 g/mol. The molecule has 0 aliphatic carbocycles. The first-order chi connectivity index (χ1) is 9.66. The van der Waals surface area contributed by atoms with Gasteiger partial charge in [0.05, 0.1) is 18.4 Å². The maximum atomic E-state index is 12.6. The van der Waals surface area contributed by atoms with Gasteiger partial charge in [0, 0.05) is 18.7 Å². The number of rotatable bonds is 2.